The van der Waals surface area contributed by atoms with Crippen molar-refractivity contribution < 1.29 is 44.1 Å². The van der Waals surface area contributed by atoms with Gasteiger partial charge in [0, 0.05) is 56.1 Å². The molecule has 5 N–H and O–H groups in total. The number of aliphatic hydroxyl groups excluding tert-OH is 2. The lowest BCUT2D eigenvalue weighted by molar-refractivity contribution is -0.143. The maximum atomic E-state index is 14.0. The van der Waals surface area contributed by atoms with Gasteiger partial charge in [0.15, 0.2) is 11.6 Å². The molecule has 0 fully saturated rings. The van der Waals surface area contributed by atoms with Crippen molar-refractivity contribution in [3.8, 4) is 0 Å². The van der Waals surface area contributed by atoms with Gasteiger partial charge in [0.05, 0.1) is 18.2 Å². The Morgan fingerprint density at radius 3 is 2.14 bits per heavy atom. The lowest BCUT2D eigenvalue weighted by Gasteiger charge is -2.36. The van der Waals surface area contributed by atoms with Crippen LogP contribution in [-0.2, 0) is 28.8 Å². The van der Waals surface area contributed by atoms with Gasteiger partial charge in [-0.25, -0.2) is 4.79 Å². The van der Waals surface area contributed by atoms with E-state index in [1.54, 1.807) is 25.2 Å². The van der Waals surface area contributed by atoms with Crippen LogP contribution < -0.4 is 10.6 Å². The lowest BCUT2D eigenvalue weighted by atomic mass is 9.78. The molecule has 2 unspecified atom stereocenters. The van der Waals surface area contributed by atoms with E-state index in [0.717, 1.165) is 25.7 Å². The van der Waals surface area contributed by atoms with Crippen molar-refractivity contribution in [3.05, 3.63) is 46.8 Å². The number of hydrogen-bond acceptors (Lipinski definition) is 8. The molecule has 3 aliphatic rings. The smallest absolute Gasteiger partial charge is 0.326 e. The molecule has 12 nitrogen and oxygen atoms in total. The number of allylic oxidation sites excluding steroid dienone is 2. The summed E-state index contributed by atoms with van der Waals surface area (Å²) < 4.78 is 0. The number of nitrogens with zero attached hydrogens (tertiary/aromatic N) is 1. The zero-order valence-electron chi connectivity index (χ0n) is 35.0. The predicted molar refractivity (Wildman–Crippen MR) is 220 cm³/mol. The van der Waals surface area contributed by atoms with E-state index in [1.807, 2.05) is 6.92 Å². The van der Waals surface area contributed by atoms with Crippen LogP contribution in [0.5, 0.6) is 0 Å². The van der Waals surface area contributed by atoms with Gasteiger partial charge in [0.2, 0.25) is 17.7 Å². The van der Waals surface area contributed by atoms with Gasteiger partial charge in [-0.1, -0.05) is 116 Å². The maximum absolute atomic E-state index is 14.0. The molecule has 0 aromatic rings. The number of carbonyl (C=O) groups is 6. The molecule has 0 saturated heterocycles. The third-order valence-electron chi connectivity index (χ3n) is 11.8. The molecule has 0 spiro atoms. The Labute approximate surface area is 339 Å². The van der Waals surface area contributed by atoms with Gasteiger partial charge in [0.25, 0.3) is 0 Å². The van der Waals surface area contributed by atoms with Gasteiger partial charge in [-0.15, -0.1) is 0 Å². The van der Waals surface area contributed by atoms with Crippen molar-refractivity contribution in [2.24, 2.45) is 17.8 Å². The van der Waals surface area contributed by atoms with Crippen LogP contribution in [0.1, 0.15) is 150 Å². The number of hydrogen-bond donors (Lipinski definition) is 5. The summed E-state index contributed by atoms with van der Waals surface area (Å²) in [6.07, 6.45) is 20.6. The topological polar surface area (TPSA) is 190 Å². The second-order valence-corrected chi connectivity index (χ2v) is 16.6. The highest BCUT2D eigenvalue weighted by Gasteiger charge is 2.39. The lowest BCUT2D eigenvalue weighted by Crippen LogP contribution is -2.49. The first-order valence-corrected chi connectivity index (χ1v) is 21.5. The van der Waals surface area contributed by atoms with Crippen LogP contribution >= 0.6 is 0 Å². The summed E-state index contributed by atoms with van der Waals surface area (Å²) in [6, 6.07) is -3.17. The molecule has 0 aromatic carbocycles. The van der Waals surface area contributed by atoms with Crippen LogP contribution in [0.15, 0.2) is 46.8 Å². The van der Waals surface area contributed by atoms with Crippen molar-refractivity contribution in [3.63, 3.8) is 0 Å². The summed E-state index contributed by atoms with van der Waals surface area (Å²) in [5, 5.41) is 37.1. The van der Waals surface area contributed by atoms with Crippen molar-refractivity contribution >= 4 is 35.3 Å². The van der Waals surface area contributed by atoms with E-state index < -0.39 is 59.6 Å². The van der Waals surface area contributed by atoms with Gasteiger partial charge in [-0.2, -0.15) is 0 Å². The number of amides is 3. The Bertz CT molecular complexity index is 1550. The molecule has 0 saturated carbocycles. The highest BCUT2D eigenvalue weighted by atomic mass is 16.4. The molecule has 1 heterocycles. The zero-order chi connectivity index (χ0) is 42.1. The van der Waals surface area contributed by atoms with E-state index in [9.17, 15) is 44.1 Å². The number of nitrogens with one attached hydrogen (secondary N) is 2. The zero-order valence-corrected chi connectivity index (χ0v) is 35.0. The van der Waals surface area contributed by atoms with E-state index in [0.29, 0.717) is 16.7 Å². The Morgan fingerprint density at radius 1 is 0.912 bits per heavy atom. The van der Waals surface area contributed by atoms with Crippen LogP contribution in [0.2, 0.25) is 0 Å². The highest BCUT2D eigenvalue weighted by molar-refractivity contribution is 5.95. The number of aliphatic hydroxyl groups is 2. The fourth-order valence-corrected chi connectivity index (χ4v) is 8.03. The van der Waals surface area contributed by atoms with Crippen LogP contribution in [0, 0.1) is 17.8 Å². The number of aliphatic carboxylic acids is 1. The van der Waals surface area contributed by atoms with Gasteiger partial charge in [0.1, 0.15) is 11.8 Å². The monoisotopic (exact) mass is 796 g/mol. The number of unbranched alkanes of at least 4 members (excludes halogenated alkanes) is 11. The number of fused-ring (bicyclic) bond motifs is 4. The molecule has 57 heavy (non-hydrogen) atoms. The molecule has 12 heteroatoms. The fraction of sp³-hybridized carbons (Fsp3) is 0.689. The van der Waals surface area contributed by atoms with Gasteiger partial charge < -0.3 is 30.9 Å². The summed E-state index contributed by atoms with van der Waals surface area (Å²) >= 11 is 0. The summed E-state index contributed by atoms with van der Waals surface area (Å²) in [7, 11) is 1.47. The minimum atomic E-state index is -1.29. The largest absolute Gasteiger partial charge is 0.508 e. The number of Topliss-reactive ketones (excluding diaryl/α,β-unsaturated/α-hetero) is 2. The second kappa shape index (κ2) is 24.0. The Morgan fingerprint density at radius 2 is 1.53 bits per heavy atom. The van der Waals surface area contributed by atoms with Crippen molar-refractivity contribution in [2.75, 3.05) is 7.05 Å². The molecule has 318 valence electrons. The van der Waals surface area contributed by atoms with Crippen LogP contribution in [0.4, 0.5) is 0 Å². The first-order chi connectivity index (χ1) is 27.1. The molecular formula is C45H69N3O9. The van der Waals surface area contributed by atoms with Gasteiger partial charge in [-0.05, 0) is 43.4 Å². The molecule has 0 aromatic heterocycles. The molecule has 0 radical (unpaired) electrons. The van der Waals surface area contributed by atoms with E-state index in [1.165, 1.54) is 82.7 Å². The molecule has 3 amide bonds. The van der Waals surface area contributed by atoms with E-state index in [-0.39, 0.29) is 61.9 Å². The second-order valence-electron chi connectivity index (χ2n) is 16.6. The number of carboxylic acid groups (broad SMARTS) is 1. The third-order valence-corrected chi connectivity index (χ3v) is 11.8. The van der Waals surface area contributed by atoms with E-state index in [4.69, 9.17) is 0 Å². The average Bonchev–Trinajstić information content (AvgIpc) is 3.17. The summed E-state index contributed by atoms with van der Waals surface area (Å²) in [6.45, 7) is 7.23. The van der Waals surface area contributed by atoms with Crippen molar-refractivity contribution in [1.82, 2.24) is 15.5 Å². The Balaban J connectivity index is 1.57. The first kappa shape index (κ1) is 47.3. The van der Waals surface area contributed by atoms with Crippen molar-refractivity contribution in [1.29, 1.82) is 0 Å². The highest BCUT2D eigenvalue weighted by Crippen LogP contribution is 2.37. The third kappa shape index (κ3) is 15.0. The fourth-order valence-electron chi connectivity index (χ4n) is 8.03. The number of ketones is 2. The average molecular weight is 796 g/mol. The minimum Gasteiger partial charge on any atom is -0.508 e. The number of rotatable bonds is 21. The SMILES string of the molecule is CCCCCCCCCCCCCCC(C)C(=O)N[C@H](C)C(=O)CCC(=O)N(C)[C@@H]1C(=O)C[C@@H](C)C(=O)N[C@H](C(=O)O)CC2=CCC(O)C(=C2)C2=C(O)C=C[C@H]1C2. The van der Waals surface area contributed by atoms with E-state index in [2.05, 4.69) is 17.6 Å². The molecule has 7 atom stereocenters. The number of likely N-dealkylation sites (N-methyl/N-ethyl adjacent to an activating group) is 1. The minimum absolute atomic E-state index is 0.0509. The molecule has 2 aliphatic carbocycles. The number of carbonyl (C=O) groups excluding carboxylic acids is 5. The van der Waals surface area contributed by atoms with Gasteiger partial charge in [-0.3, -0.25) is 24.0 Å². The normalized spacial score (nSPS) is 23.7. The molecular weight excluding hydrogens is 727 g/mol. The first-order valence-electron chi connectivity index (χ1n) is 21.5. The maximum Gasteiger partial charge on any atom is 0.326 e. The van der Waals surface area contributed by atoms with E-state index >= 15 is 0 Å². The molecule has 3 rings (SSSR count). The quantitative estimate of drug-likeness (QED) is 0.0764. The van der Waals surface area contributed by atoms with Crippen LogP contribution in [0.25, 0.3) is 0 Å². The molecule has 1 aliphatic heterocycles. The Hall–Kier alpha value is -4.06. The Kier molecular flexibility index (Phi) is 19.9. The molecule has 4 bridgehead atoms. The summed E-state index contributed by atoms with van der Waals surface area (Å²) in [4.78, 5) is 80.2. The summed E-state index contributed by atoms with van der Waals surface area (Å²) in [5.41, 5.74) is 1.33. The van der Waals surface area contributed by atoms with Crippen LogP contribution in [-0.4, -0.2) is 86.8 Å². The number of carboxylic acids is 1. The van der Waals surface area contributed by atoms with Gasteiger partial charge >= 0.3 is 5.97 Å². The predicted octanol–water partition coefficient (Wildman–Crippen LogP) is 6.97. The van der Waals surface area contributed by atoms with Crippen LogP contribution in [0.3, 0.4) is 0 Å². The van der Waals surface area contributed by atoms with Crippen molar-refractivity contribution in [2.45, 2.75) is 174 Å². The summed E-state index contributed by atoms with van der Waals surface area (Å²) in [5.74, 6) is -5.21. The standard InChI is InChI=1S/C45H69N3O9/c1-6-7-8-9-10-11-12-13-14-15-16-17-18-29(2)43(54)46-31(4)37(49)23-24-41(53)48(5)42-33-20-22-39(51)35(28-33)34-26-32(19-21-38(34)50)27-36(45(56)57)47-44(55)30(3)25-40(42)52/h19-20,22,26,29-31,33,36,38,42,50-51H,6-18,21,23-25,27-28H2,1-5H3,(H,46,54)(H,47,55)(H,56,57)/t29?,30-,31-,33+,36+,38?,42+/m1/s1.